The molecule has 0 aromatic heterocycles. The van der Waals surface area contributed by atoms with Gasteiger partial charge in [-0.2, -0.15) is 0 Å². The molecule has 0 amide bonds. The van der Waals surface area contributed by atoms with Crippen molar-refractivity contribution in [3.63, 3.8) is 0 Å². The first-order valence-electron chi connectivity index (χ1n) is 5.76. The molecule has 0 N–H and O–H groups in total. The van der Waals surface area contributed by atoms with Crippen molar-refractivity contribution < 1.29 is 0 Å². The minimum atomic E-state index is 0.609. The molecule has 80 valence electrons. The minimum Gasteiger partial charge on any atom is -0.0732 e. The highest BCUT2D eigenvalue weighted by Gasteiger charge is 2.26. The van der Waals surface area contributed by atoms with Gasteiger partial charge in [-0.1, -0.05) is 41.9 Å². The van der Waals surface area contributed by atoms with Crippen molar-refractivity contribution in [3.8, 4) is 0 Å². The number of fused-ring (bicyclic) bond motifs is 1. The average Bonchev–Trinajstić information content (AvgIpc) is 2.19. The van der Waals surface area contributed by atoms with Crippen LogP contribution < -0.4 is 0 Å². The summed E-state index contributed by atoms with van der Waals surface area (Å²) in [7, 11) is 0. The zero-order chi connectivity index (χ0) is 11.2. The van der Waals surface area contributed by atoms with Gasteiger partial charge in [-0.25, -0.2) is 0 Å². The Labute approximate surface area is 93.1 Å². The van der Waals surface area contributed by atoms with Crippen LogP contribution in [0.25, 0.3) is 0 Å². The van der Waals surface area contributed by atoms with Crippen LogP contribution in [0.15, 0.2) is 46.1 Å². The van der Waals surface area contributed by atoms with Gasteiger partial charge in [0, 0.05) is 5.92 Å². The number of hydrogen-bond acceptors (Lipinski definition) is 0. The summed E-state index contributed by atoms with van der Waals surface area (Å²) in [6, 6.07) is 0. The summed E-state index contributed by atoms with van der Waals surface area (Å²) in [4.78, 5) is 0. The second-order valence-corrected chi connectivity index (χ2v) is 5.00. The lowest BCUT2D eigenvalue weighted by molar-refractivity contribution is 0.540. The van der Waals surface area contributed by atoms with Crippen LogP contribution >= 0.6 is 0 Å². The maximum absolute atomic E-state index is 2.43. The van der Waals surface area contributed by atoms with Crippen LogP contribution in [-0.4, -0.2) is 0 Å². The Morgan fingerprint density at radius 2 is 1.60 bits per heavy atom. The molecule has 15 heavy (non-hydrogen) atoms. The molecule has 2 aliphatic rings. The summed E-state index contributed by atoms with van der Waals surface area (Å²) in [5.41, 5.74) is 7.34. The van der Waals surface area contributed by atoms with E-state index < -0.39 is 0 Å². The van der Waals surface area contributed by atoms with Crippen LogP contribution in [0.5, 0.6) is 0 Å². The normalized spacial score (nSPS) is 30.6. The van der Waals surface area contributed by atoms with Gasteiger partial charge in [0.25, 0.3) is 0 Å². The molecule has 2 aliphatic carbocycles. The number of hydrogen-bond donors (Lipinski definition) is 0. The first kappa shape index (κ1) is 10.5. The van der Waals surface area contributed by atoms with E-state index in [-0.39, 0.29) is 0 Å². The van der Waals surface area contributed by atoms with Gasteiger partial charge in [-0.05, 0) is 44.8 Å². The molecule has 0 nitrogen and oxygen atoms in total. The van der Waals surface area contributed by atoms with Crippen LogP contribution in [-0.2, 0) is 0 Å². The maximum Gasteiger partial charge on any atom is 0.00869 e. The van der Waals surface area contributed by atoms with Crippen molar-refractivity contribution >= 4 is 0 Å². The number of rotatable bonds is 0. The smallest absolute Gasteiger partial charge is 0.00869 e. The molecule has 0 aromatic rings. The molecular formula is C15H20. The van der Waals surface area contributed by atoms with Crippen LogP contribution in [0.3, 0.4) is 0 Å². The molecule has 0 aliphatic heterocycles. The highest BCUT2D eigenvalue weighted by Crippen LogP contribution is 2.39. The van der Waals surface area contributed by atoms with Crippen molar-refractivity contribution in [2.75, 3.05) is 0 Å². The summed E-state index contributed by atoms with van der Waals surface area (Å²) in [5, 5.41) is 0. The number of allylic oxidation sites excluding steroid dienone is 8. The van der Waals surface area contributed by atoms with Gasteiger partial charge in [0.1, 0.15) is 0 Å². The van der Waals surface area contributed by atoms with Gasteiger partial charge in [-0.15, -0.1) is 0 Å². The molecule has 2 unspecified atom stereocenters. The second kappa shape index (κ2) is 3.52. The van der Waals surface area contributed by atoms with Crippen molar-refractivity contribution in [3.05, 3.63) is 46.1 Å². The molecule has 0 aromatic carbocycles. The molecule has 0 heterocycles. The molecule has 0 saturated heterocycles. The molecule has 2 rings (SSSR count). The van der Waals surface area contributed by atoms with Crippen LogP contribution in [0.2, 0.25) is 0 Å². The zero-order valence-electron chi connectivity index (χ0n) is 10.4. The largest absolute Gasteiger partial charge is 0.0732 e. The fraction of sp³-hybridized carbons (Fsp3) is 0.467. The predicted molar refractivity (Wildman–Crippen MR) is 66.6 cm³/mol. The Morgan fingerprint density at radius 1 is 0.933 bits per heavy atom. The molecular weight excluding hydrogens is 180 g/mol. The van der Waals surface area contributed by atoms with E-state index in [1.165, 1.54) is 22.3 Å². The first-order valence-corrected chi connectivity index (χ1v) is 5.76. The molecule has 0 bridgehead atoms. The Morgan fingerprint density at radius 3 is 2.27 bits per heavy atom. The Bertz CT molecular complexity index is 413. The Balaban J connectivity index is 2.49. The van der Waals surface area contributed by atoms with E-state index in [0.29, 0.717) is 11.8 Å². The van der Waals surface area contributed by atoms with E-state index in [2.05, 4.69) is 52.8 Å². The average molecular weight is 200 g/mol. The standard InChI is InChI=1S/C15H20/c1-9-6-14-7-11(3)12(4)13(5)15(14)8-10(9)2/h6-8,13,15H,1-5H3. The van der Waals surface area contributed by atoms with Gasteiger partial charge >= 0.3 is 0 Å². The van der Waals surface area contributed by atoms with E-state index in [0.717, 1.165) is 0 Å². The fourth-order valence-electron chi connectivity index (χ4n) is 2.52. The molecule has 2 atom stereocenters. The lowest BCUT2D eigenvalue weighted by Gasteiger charge is -2.32. The van der Waals surface area contributed by atoms with E-state index in [9.17, 15) is 0 Å². The fourth-order valence-corrected chi connectivity index (χ4v) is 2.52. The van der Waals surface area contributed by atoms with Gasteiger partial charge < -0.3 is 0 Å². The third-order valence-electron chi connectivity index (χ3n) is 4.05. The minimum absolute atomic E-state index is 0.609. The lowest BCUT2D eigenvalue weighted by atomic mass is 9.73. The second-order valence-electron chi connectivity index (χ2n) is 5.00. The SMILES string of the molecule is CC1=CC2=CC(C)=C(C)C(C)C2C=C1C. The highest BCUT2D eigenvalue weighted by atomic mass is 14.3. The zero-order valence-corrected chi connectivity index (χ0v) is 10.4. The van der Waals surface area contributed by atoms with Crippen molar-refractivity contribution in [2.45, 2.75) is 34.6 Å². The molecule has 0 saturated carbocycles. The lowest BCUT2D eigenvalue weighted by Crippen LogP contribution is -2.20. The van der Waals surface area contributed by atoms with E-state index in [4.69, 9.17) is 0 Å². The van der Waals surface area contributed by atoms with E-state index in [1.54, 1.807) is 5.57 Å². The summed E-state index contributed by atoms with van der Waals surface area (Å²) in [6.07, 6.45) is 7.14. The van der Waals surface area contributed by atoms with Crippen molar-refractivity contribution in [1.29, 1.82) is 0 Å². The molecule has 0 radical (unpaired) electrons. The first-order chi connectivity index (χ1) is 7.00. The van der Waals surface area contributed by atoms with Gasteiger partial charge in [0.15, 0.2) is 0 Å². The van der Waals surface area contributed by atoms with Gasteiger partial charge in [0.05, 0.1) is 0 Å². The van der Waals surface area contributed by atoms with E-state index >= 15 is 0 Å². The summed E-state index contributed by atoms with van der Waals surface area (Å²) in [5.74, 6) is 1.27. The van der Waals surface area contributed by atoms with E-state index in [1.807, 2.05) is 0 Å². The van der Waals surface area contributed by atoms with Crippen molar-refractivity contribution in [1.82, 2.24) is 0 Å². The van der Waals surface area contributed by atoms with Crippen LogP contribution in [0, 0.1) is 11.8 Å². The Hall–Kier alpha value is -1.04. The van der Waals surface area contributed by atoms with Gasteiger partial charge in [-0.3, -0.25) is 0 Å². The third kappa shape index (κ3) is 1.62. The quantitative estimate of drug-likeness (QED) is 0.543. The summed E-state index contributed by atoms with van der Waals surface area (Å²) >= 11 is 0. The predicted octanol–water partition coefficient (Wildman–Crippen LogP) is 4.42. The Kier molecular flexibility index (Phi) is 2.46. The van der Waals surface area contributed by atoms with Crippen LogP contribution in [0.1, 0.15) is 34.6 Å². The molecule has 0 fully saturated rings. The summed E-state index contributed by atoms with van der Waals surface area (Å²) < 4.78 is 0. The topological polar surface area (TPSA) is 0 Å². The third-order valence-corrected chi connectivity index (χ3v) is 4.05. The monoisotopic (exact) mass is 200 g/mol. The highest BCUT2D eigenvalue weighted by molar-refractivity contribution is 5.49. The molecule has 0 heteroatoms. The van der Waals surface area contributed by atoms with Crippen molar-refractivity contribution in [2.24, 2.45) is 11.8 Å². The maximum atomic E-state index is 2.43. The molecule has 0 spiro atoms. The summed E-state index contributed by atoms with van der Waals surface area (Å²) in [6.45, 7) is 11.3. The van der Waals surface area contributed by atoms with Crippen LogP contribution in [0.4, 0.5) is 0 Å². The van der Waals surface area contributed by atoms with Gasteiger partial charge in [0.2, 0.25) is 0 Å².